The highest BCUT2D eigenvalue weighted by atomic mass is 32.1. The van der Waals surface area contributed by atoms with E-state index in [1.165, 1.54) is 23.2 Å². The summed E-state index contributed by atoms with van der Waals surface area (Å²) >= 11 is 1.46. The number of ether oxygens (including phenoxy) is 1. The first-order valence-electron chi connectivity index (χ1n) is 9.93. The van der Waals surface area contributed by atoms with E-state index in [1.54, 1.807) is 36.4 Å². The maximum Gasteiger partial charge on any atom is 0.291 e. The molecule has 2 heterocycles. The molecule has 0 aliphatic carbocycles. The van der Waals surface area contributed by atoms with Crippen LogP contribution in [-0.2, 0) is 17.8 Å². The van der Waals surface area contributed by atoms with Crippen LogP contribution in [0.25, 0.3) is 0 Å². The molecule has 0 atom stereocenters. The highest BCUT2D eigenvalue weighted by Crippen LogP contribution is 2.19. The number of carbonyl (C=O) groups excluding carboxylic acids is 2. The lowest BCUT2D eigenvalue weighted by atomic mass is 10.2. The molecule has 2 amide bonds. The predicted octanol–water partition coefficient (Wildman–Crippen LogP) is 5.06. The van der Waals surface area contributed by atoms with Gasteiger partial charge in [-0.1, -0.05) is 23.8 Å². The lowest BCUT2D eigenvalue weighted by molar-refractivity contribution is -0.115. The monoisotopic (exact) mass is 447 g/mol. The Bertz CT molecular complexity index is 1200. The smallest absolute Gasteiger partial charge is 0.291 e. The van der Waals surface area contributed by atoms with Gasteiger partial charge >= 0.3 is 0 Å². The Balaban J connectivity index is 1.29. The fourth-order valence-electron chi connectivity index (χ4n) is 2.92. The van der Waals surface area contributed by atoms with E-state index < -0.39 is 0 Å². The molecule has 0 saturated carbocycles. The third-order valence-corrected chi connectivity index (χ3v) is 5.34. The lowest BCUT2D eigenvalue weighted by Crippen LogP contribution is -2.15. The molecule has 8 heteroatoms. The Labute approximate surface area is 189 Å². The van der Waals surface area contributed by atoms with Crippen molar-refractivity contribution in [2.24, 2.45) is 0 Å². The first-order valence-corrected chi connectivity index (χ1v) is 10.8. The average Bonchev–Trinajstić information content (AvgIpc) is 3.46. The van der Waals surface area contributed by atoms with E-state index in [9.17, 15) is 9.59 Å². The Morgan fingerprint density at radius 1 is 1.03 bits per heavy atom. The number of nitrogens with one attached hydrogen (secondary N) is 2. The molecule has 0 saturated heterocycles. The van der Waals surface area contributed by atoms with Gasteiger partial charge in [-0.2, -0.15) is 0 Å². The van der Waals surface area contributed by atoms with Crippen LogP contribution in [0.3, 0.4) is 0 Å². The van der Waals surface area contributed by atoms with Crippen LogP contribution in [0, 0.1) is 6.92 Å². The van der Waals surface area contributed by atoms with E-state index in [0.717, 1.165) is 10.8 Å². The molecule has 32 heavy (non-hydrogen) atoms. The van der Waals surface area contributed by atoms with Gasteiger partial charge in [0, 0.05) is 16.8 Å². The Morgan fingerprint density at radius 2 is 1.81 bits per heavy atom. The summed E-state index contributed by atoms with van der Waals surface area (Å²) < 4.78 is 10.8. The van der Waals surface area contributed by atoms with Gasteiger partial charge in [0.2, 0.25) is 5.91 Å². The van der Waals surface area contributed by atoms with Crippen LogP contribution < -0.4 is 15.4 Å². The van der Waals surface area contributed by atoms with Crippen molar-refractivity contribution in [3.05, 3.63) is 94.3 Å². The number of hydrogen-bond donors (Lipinski definition) is 2. The normalized spacial score (nSPS) is 10.5. The van der Waals surface area contributed by atoms with E-state index in [0.29, 0.717) is 23.7 Å². The minimum atomic E-state index is -0.360. The zero-order chi connectivity index (χ0) is 22.3. The summed E-state index contributed by atoms with van der Waals surface area (Å²) in [4.78, 5) is 29.0. The molecule has 0 unspecified atom stereocenters. The van der Waals surface area contributed by atoms with Gasteiger partial charge in [0.1, 0.15) is 17.4 Å². The molecule has 2 aromatic heterocycles. The number of thiazole rings is 1. The van der Waals surface area contributed by atoms with Crippen molar-refractivity contribution < 1.29 is 18.7 Å². The largest absolute Gasteiger partial charge is 0.486 e. The summed E-state index contributed by atoms with van der Waals surface area (Å²) in [6.07, 6.45) is 1.58. The number of rotatable bonds is 8. The number of nitrogens with zero attached hydrogens (tertiary/aromatic N) is 1. The van der Waals surface area contributed by atoms with Crippen LogP contribution >= 0.6 is 11.3 Å². The molecule has 0 spiro atoms. The van der Waals surface area contributed by atoms with Crippen molar-refractivity contribution >= 4 is 34.5 Å². The summed E-state index contributed by atoms with van der Waals surface area (Å²) in [7, 11) is 0. The number of furan rings is 1. The lowest BCUT2D eigenvalue weighted by Gasteiger charge is -2.08. The van der Waals surface area contributed by atoms with Crippen molar-refractivity contribution in [3.63, 3.8) is 0 Å². The molecule has 0 aliphatic rings. The highest BCUT2D eigenvalue weighted by Gasteiger charge is 2.11. The molecule has 2 aromatic carbocycles. The summed E-state index contributed by atoms with van der Waals surface area (Å²) in [5.41, 5.74) is 2.97. The number of aromatic nitrogens is 1. The fourth-order valence-corrected chi connectivity index (χ4v) is 3.63. The summed E-state index contributed by atoms with van der Waals surface area (Å²) in [6, 6.07) is 18.0. The molecule has 0 fully saturated rings. The summed E-state index contributed by atoms with van der Waals surface area (Å²) in [6.45, 7) is 2.38. The third kappa shape index (κ3) is 5.83. The SMILES string of the molecule is Cc1ccc(OCc2nc(CC(=O)Nc3cccc(NC(=O)c4ccco4)c3)cs2)cc1. The molecule has 0 bridgehead atoms. The Hall–Kier alpha value is -3.91. The van der Waals surface area contributed by atoms with Gasteiger partial charge in [-0.05, 0) is 49.4 Å². The number of carbonyl (C=O) groups is 2. The Morgan fingerprint density at radius 3 is 2.56 bits per heavy atom. The maximum absolute atomic E-state index is 12.4. The molecule has 4 rings (SSSR count). The topological polar surface area (TPSA) is 93.5 Å². The number of hydrogen-bond acceptors (Lipinski definition) is 6. The highest BCUT2D eigenvalue weighted by molar-refractivity contribution is 7.09. The molecule has 2 N–H and O–H groups in total. The van der Waals surface area contributed by atoms with Crippen LogP contribution in [0.2, 0.25) is 0 Å². The van der Waals surface area contributed by atoms with Gasteiger partial charge in [0.15, 0.2) is 5.76 Å². The van der Waals surface area contributed by atoms with Crippen molar-refractivity contribution in [2.75, 3.05) is 10.6 Å². The van der Waals surface area contributed by atoms with Crippen LogP contribution in [0.1, 0.15) is 26.8 Å². The number of benzene rings is 2. The van der Waals surface area contributed by atoms with Gasteiger partial charge in [0.25, 0.3) is 5.91 Å². The van der Waals surface area contributed by atoms with Crippen molar-refractivity contribution in [3.8, 4) is 5.75 Å². The van der Waals surface area contributed by atoms with Gasteiger partial charge in [-0.15, -0.1) is 11.3 Å². The minimum Gasteiger partial charge on any atom is -0.486 e. The fraction of sp³-hybridized carbons (Fsp3) is 0.125. The third-order valence-electron chi connectivity index (χ3n) is 4.47. The van der Waals surface area contributed by atoms with E-state index >= 15 is 0 Å². The van der Waals surface area contributed by atoms with Crippen LogP contribution in [0.15, 0.2) is 76.7 Å². The first-order chi connectivity index (χ1) is 15.5. The number of amides is 2. The van der Waals surface area contributed by atoms with Gasteiger partial charge < -0.3 is 19.8 Å². The van der Waals surface area contributed by atoms with Gasteiger partial charge in [0.05, 0.1) is 18.4 Å². The van der Waals surface area contributed by atoms with Crippen LogP contribution in [0.4, 0.5) is 11.4 Å². The van der Waals surface area contributed by atoms with Crippen LogP contribution in [-0.4, -0.2) is 16.8 Å². The summed E-state index contributed by atoms with van der Waals surface area (Å²) in [5.74, 6) is 0.436. The molecule has 4 aromatic rings. The van der Waals surface area contributed by atoms with Crippen molar-refractivity contribution in [2.45, 2.75) is 20.0 Å². The molecular weight excluding hydrogens is 426 g/mol. The zero-order valence-electron chi connectivity index (χ0n) is 17.3. The van der Waals surface area contributed by atoms with Crippen molar-refractivity contribution in [1.29, 1.82) is 0 Å². The average molecular weight is 448 g/mol. The quantitative estimate of drug-likeness (QED) is 0.394. The van der Waals surface area contributed by atoms with Gasteiger partial charge in [-0.25, -0.2) is 4.98 Å². The molecule has 7 nitrogen and oxygen atoms in total. The molecule has 0 aliphatic heterocycles. The van der Waals surface area contributed by atoms with Crippen molar-refractivity contribution in [1.82, 2.24) is 4.98 Å². The minimum absolute atomic E-state index is 0.143. The number of aryl methyl sites for hydroxylation is 1. The van der Waals surface area contributed by atoms with E-state index in [2.05, 4.69) is 15.6 Å². The second-order valence-electron chi connectivity index (χ2n) is 7.07. The predicted molar refractivity (Wildman–Crippen MR) is 123 cm³/mol. The molecular formula is C24H21N3O4S. The van der Waals surface area contributed by atoms with Crippen LogP contribution in [0.5, 0.6) is 5.75 Å². The molecule has 162 valence electrons. The maximum atomic E-state index is 12.4. The standard InChI is InChI=1S/C24H21N3O4S/c1-16-7-9-20(10-8-16)31-14-23-26-19(15-32-23)13-22(28)25-17-4-2-5-18(12-17)27-24(29)21-6-3-11-30-21/h2-12,15H,13-14H2,1H3,(H,25,28)(H,27,29). The van der Waals surface area contributed by atoms with E-state index in [1.807, 2.05) is 36.6 Å². The number of anilines is 2. The Kier molecular flexibility index (Phi) is 6.62. The zero-order valence-corrected chi connectivity index (χ0v) is 18.1. The second-order valence-corrected chi connectivity index (χ2v) is 8.01. The molecule has 0 radical (unpaired) electrons. The van der Waals surface area contributed by atoms with E-state index in [4.69, 9.17) is 9.15 Å². The summed E-state index contributed by atoms with van der Waals surface area (Å²) in [5, 5.41) is 8.22. The second kappa shape index (κ2) is 9.93. The first kappa shape index (κ1) is 21.3. The van der Waals surface area contributed by atoms with E-state index in [-0.39, 0.29) is 24.0 Å². The van der Waals surface area contributed by atoms with Gasteiger partial charge in [-0.3, -0.25) is 9.59 Å².